The van der Waals surface area contributed by atoms with Gasteiger partial charge in [0, 0.05) is 4.47 Å². The molecule has 0 saturated heterocycles. The molecule has 0 heterocycles. The van der Waals surface area contributed by atoms with Crippen molar-refractivity contribution in [3.63, 3.8) is 0 Å². The van der Waals surface area contributed by atoms with Crippen LogP contribution in [-0.2, 0) is 0 Å². The van der Waals surface area contributed by atoms with Gasteiger partial charge in [-0.1, -0.05) is 34.1 Å². The van der Waals surface area contributed by atoms with Crippen LogP contribution >= 0.6 is 15.9 Å². The lowest BCUT2D eigenvalue weighted by atomic mass is 10.1. The van der Waals surface area contributed by atoms with Crippen molar-refractivity contribution in [2.75, 3.05) is 6.61 Å². The molecule has 64 valence electrons. The van der Waals surface area contributed by atoms with E-state index in [1.807, 2.05) is 19.1 Å². The van der Waals surface area contributed by atoms with E-state index in [2.05, 4.69) is 28.1 Å². The van der Waals surface area contributed by atoms with Gasteiger partial charge in [-0.25, -0.2) is 0 Å². The molecule has 1 aromatic rings. The summed E-state index contributed by atoms with van der Waals surface area (Å²) in [5, 5.41) is 8.57. The Kier molecular flexibility index (Phi) is 3.50. The van der Waals surface area contributed by atoms with E-state index in [-0.39, 0.29) is 6.61 Å². The predicted molar refractivity (Wildman–Crippen MR) is 55.0 cm³/mol. The first-order valence-electron chi connectivity index (χ1n) is 3.77. The van der Waals surface area contributed by atoms with Gasteiger partial charge in [-0.3, -0.25) is 0 Å². The number of benzene rings is 1. The summed E-state index contributed by atoms with van der Waals surface area (Å²) in [6, 6.07) is 6.13. The Bertz CT molecular complexity index is 272. The van der Waals surface area contributed by atoms with E-state index in [0.29, 0.717) is 0 Å². The number of aliphatic hydroxyl groups is 1. The van der Waals surface area contributed by atoms with Crippen molar-refractivity contribution in [3.8, 4) is 0 Å². The lowest BCUT2D eigenvalue weighted by molar-refractivity contribution is 0.343. The molecular weight excluding hydrogens is 216 g/mol. The third-order valence-electron chi connectivity index (χ3n) is 1.48. The number of aliphatic hydroxyl groups excluding tert-OH is 1. The monoisotopic (exact) mass is 226 g/mol. The quantitative estimate of drug-likeness (QED) is 0.823. The highest BCUT2D eigenvalue weighted by molar-refractivity contribution is 9.10. The van der Waals surface area contributed by atoms with E-state index in [0.717, 1.165) is 10.0 Å². The van der Waals surface area contributed by atoms with E-state index in [9.17, 15) is 0 Å². The maximum atomic E-state index is 8.57. The highest BCUT2D eigenvalue weighted by atomic mass is 79.9. The fourth-order valence-corrected chi connectivity index (χ4v) is 1.68. The van der Waals surface area contributed by atoms with Gasteiger partial charge in [0.15, 0.2) is 0 Å². The zero-order chi connectivity index (χ0) is 8.97. The van der Waals surface area contributed by atoms with Crippen LogP contribution in [0.1, 0.15) is 11.1 Å². The lowest BCUT2D eigenvalue weighted by Crippen LogP contribution is -1.78. The summed E-state index contributed by atoms with van der Waals surface area (Å²) in [6.45, 7) is 2.13. The van der Waals surface area contributed by atoms with E-state index in [1.54, 1.807) is 6.08 Å². The number of aryl methyl sites for hydroxylation is 1. The van der Waals surface area contributed by atoms with Gasteiger partial charge >= 0.3 is 0 Å². The largest absolute Gasteiger partial charge is 0.392 e. The van der Waals surface area contributed by atoms with Crippen LogP contribution in [0, 0.1) is 6.92 Å². The highest BCUT2D eigenvalue weighted by Crippen LogP contribution is 2.16. The SMILES string of the molecule is Cc1cc(Br)cc(/C=C/CO)c1. The van der Waals surface area contributed by atoms with Crippen molar-refractivity contribution in [2.45, 2.75) is 6.92 Å². The molecule has 0 aliphatic heterocycles. The van der Waals surface area contributed by atoms with Gasteiger partial charge in [0.25, 0.3) is 0 Å². The minimum absolute atomic E-state index is 0.0889. The third-order valence-corrected chi connectivity index (χ3v) is 1.94. The Morgan fingerprint density at radius 1 is 1.42 bits per heavy atom. The van der Waals surface area contributed by atoms with E-state index < -0.39 is 0 Å². The van der Waals surface area contributed by atoms with Crippen LogP contribution in [0.25, 0.3) is 6.08 Å². The molecule has 0 bridgehead atoms. The summed E-state index contributed by atoms with van der Waals surface area (Å²) in [6.07, 6.45) is 3.62. The summed E-state index contributed by atoms with van der Waals surface area (Å²) in [7, 11) is 0. The van der Waals surface area contributed by atoms with Crippen LogP contribution in [-0.4, -0.2) is 11.7 Å². The number of hydrogen-bond acceptors (Lipinski definition) is 1. The average Bonchev–Trinajstić information content (AvgIpc) is 1.99. The Hall–Kier alpha value is -0.600. The third kappa shape index (κ3) is 2.80. The molecule has 0 radical (unpaired) electrons. The molecule has 0 aliphatic carbocycles. The molecule has 12 heavy (non-hydrogen) atoms. The van der Waals surface area contributed by atoms with Gasteiger partial charge in [-0.15, -0.1) is 0 Å². The Morgan fingerprint density at radius 3 is 2.75 bits per heavy atom. The topological polar surface area (TPSA) is 20.2 Å². The van der Waals surface area contributed by atoms with Crippen molar-refractivity contribution in [2.24, 2.45) is 0 Å². The summed E-state index contributed by atoms with van der Waals surface area (Å²) < 4.78 is 1.07. The molecule has 0 fully saturated rings. The smallest absolute Gasteiger partial charge is 0.0615 e. The summed E-state index contributed by atoms with van der Waals surface area (Å²) in [5.74, 6) is 0. The molecule has 1 rings (SSSR count). The molecule has 0 aromatic heterocycles. The molecule has 0 atom stereocenters. The Morgan fingerprint density at radius 2 is 2.17 bits per heavy atom. The normalized spacial score (nSPS) is 10.9. The molecule has 0 saturated carbocycles. The van der Waals surface area contributed by atoms with Gasteiger partial charge in [0.05, 0.1) is 6.61 Å². The van der Waals surface area contributed by atoms with E-state index >= 15 is 0 Å². The fraction of sp³-hybridized carbons (Fsp3) is 0.200. The van der Waals surface area contributed by atoms with Crippen LogP contribution < -0.4 is 0 Å². The lowest BCUT2D eigenvalue weighted by Gasteiger charge is -1.97. The molecule has 0 aliphatic rings. The molecule has 0 unspecified atom stereocenters. The van der Waals surface area contributed by atoms with Crippen molar-refractivity contribution < 1.29 is 5.11 Å². The van der Waals surface area contributed by atoms with Crippen molar-refractivity contribution in [1.82, 2.24) is 0 Å². The van der Waals surface area contributed by atoms with Crippen molar-refractivity contribution >= 4 is 22.0 Å². The minimum Gasteiger partial charge on any atom is -0.392 e. The zero-order valence-corrected chi connectivity index (χ0v) is 8.51. The Balaban J connectivity index is 2.93. The molecule has 1 N–H and O–H groups in total. The molecule has 2 heteroatoms. The van der Waals surface area contributed by atoms with Crippen molar-refractivity contribution in [3.05, 3.63) is 39.9 Å². The first kappa shape index (κ1) is 9.49. The molecule has 1 aromatic carbocycles. The van der Waals surface area contributed by atoms with Crippen LogP contribution in [0.2, 0.25) is 0 Å². The van der Waals surface area contributed by atoms with Gasteiger partial charge < -0.3 is 5.11 Å². The van der Waals surface area contributed by atoms with Crippen LogP contribution in [0.15, 0.2) is 28.7 Å². The average molecular weight is 227 g/mol. The summed E-state index contributed by atoms with van der Waals surface area (Å²) in [5.41, 5.74) is 2.32. The molecular formula is C10H11BrO. The van der Waals surface area contributed by atoms with E-state index in [4.69, 9.17) is 5.11 Å². The van der Waals surface area contributed by atoms with Crippen LogP contribution in [0.3, 0.4) is 0 Å². The predicted octanol–water partition coefficient (Wildman–Crippen LogP) is 2.76. The molecule has 0 amide bonds. The number of halogens is 1. The number of hydrogen-bond donors (Lipinski definition) is 1. The van der Waals surface area contributed by atoms with Gasteiger partial charge in [0.1, 0.15) is 0 Å². The highest BCUT2D eigenvalue weighted by Gasteiger charge is 1.91. The fourth-order valence-electron chi connectivity index (χ4n) is 1.05. The van der Waals surface area contributed by atoms with Crippen molar-refractivity contribution in [1.29, 1.82) is 0 Å². The molecule has 1 nitrogen and oxygen atoms in total. The summed E-state index contributed by atoms with van der Waals surface area (Å²) in [4.78, 5) is 0. The maximum absolute atomic E-state index is 8.57. The van der Waals surface area contributed by atoms with Crippen LogP contribution in [0.4, 0.5) is 0 Å². The maximum Gasteiger partial charge on any atom is 0.0615 e. The second-order valence-corrected chi connectivity index (χ2v) is 3.56. The van der Waals surface area contributed by atoms with Gasteiger partial charge in [-0.05, 0) is 30.2 Å². The molecule has 0 spiro atoms. The van der Waals surface area contributed by atoms with Gasteiger partial charge in [-0.2, -0.15) is 0 Å². The minimum atomic E-state index is 0.0889. The zero-order valence-electron chi connectivity index (χ0n) is 6.92. The standard InChI is InChI=1S/C10H11BrO/c1-8-5-9(3-2-4-12)7-10(11)6-8/h2-3,5-7,12H,4H2,1H3/b3-2+. The first-order valence-corrected chi connectivity index (χ1v) is 4.56. The Labute approximate surface area is 80.9 Å². The second-order valence-electron chi connectivity index (χ2n) is 2.65. The second kappa shape index (κ2) is 4.43. The number of rotatable bonds is 2. The van der Waals surface area contributed by atoms with Crippen LogP contribution in [0.5, 0.6) is 0 Å². The first-order chi connectivity index (χ1) is 5.72. The van der Waals surface area contributed by atoms with E-state index in [1.165, 1.54) is 5.56 Å². The summed E-state index contributed by atoms with van der Waals surface area (Å²) >= 11 is 3.41. The van der Waals surface area contributed by atoms with Gasteiger partial charge in [0.2, 0.25) is 0 Å².